The molecule has 1 spiro atoms. The third-order valence-corrected chi connectivity index (χ3v) is 13.6. The van der Waals surface area contributed by atoms with Crippen LogP contribution in [0, 0.1) is 35.5 Å². The molecule has 9 unspecified atom stereocenters. The van der Waals surface area contributed by atoms with Crippen molar-refractivity contribution < 1.29 is 0 Å². The van der Waals surface area contributed by atoms with Crippen LogP contribution in [-0.2, 0) is 10.9 Å². The quantitative estimate of drug-likeness (QED) is 0.606. The Morgan fingerprint density at radius 3 is 2.82 bits per heavy atom. The fraction of sp³-hybridized carbons (Fsp3) is 1.00. The summed E-state index contributed by atoms with van der Waals surface area (Å²) < 4.78 is 1.67. The summed E-state index contributed by atoms with van der Waals surface area (Å²) in [7, 11) is 0.811. The lowest BCUT2D eigenvalue weighted by Crippen LogP contribution is -2.45. The molecule has 0 aromatic rings. The van der Waals surface area contributed by atoms with Crippen molar-refractivity contribution >= 4 is 22.7 Å². The SMILES string of the molecule is CC12CC3C4CC5(SCCC[S+]15)C1C4CC3C12. The van der Waals surface area contributed by atoms with Crippen molar-refractivity contribution in [1.29, 1.82) is 0 Å². The third-order valence-electron chi connectivity index (χ3n) is 7.70. The monoisotopic (exact) mass is 265 g/mol. The van der Waals surface area contributed by atoms with Crippen LogP contribution in [0.5, 0.6) is 0 Å². The Balaban J connectivity index is 1.68. The number of hydrogen-bond donors (Lipinski definition) is 0. The van der Waals surface area contributed by atoms with E-state index in [0.29, 0.717) is 0 Å². The Bertz CT molecular complexity index is 431. The minimum atomic E-state index is 0.811. The smallest absolute Gasteiger partial charge is 0.102 e. The van der Waals surface area contributed by atoms with Gasteiger partial charge in [-0.1, -0.05) is 0 Å². The summed E-state index contributed by atoms with van der Waals surface area (Å²) in [6.45, 7) is 2.74. The molecule has 2 heteroatoms. The van der Waals surface area contributed by atoms with E-state index in [1.54, 1.807) is 25.0 Å². The first-order valence-corrected chi connectivity index (χ1v) is 9.99. The first-order chi connectivity index (χ1) is 8.26. The van der Waals surface area contributed by atoms with E-state index in [1.165, 1.54) is 47.7 Å². The van der Waals surface area contributed by atoms with Gasteiger partial charge in [-0.3, -0.25) is 0 Å². The standard InChI is InChI=1S/C15H21S2/c1-14-6-10-8-5-9-11(10)7-15(13(9)12(8)14)16-3-2-4-17(14)15/h8-13H,2-7H2,1H3/q+1. The van der Waals surface area contributed by atoms with Crippen LogP contribution < -0.4 is 0 Å². The molecule has 4 saturated carbocycles. The molecule has 0 nitrogen and oxygen atoms in total. The molecule has 0 amide bonds. The Morgan fingerprint density at radius 2 is 1.88 bits per heavy atom. The molecule has 4 aliphatic carbocycles. The lowest BCUT2D eigenvalue weighted by Gasteiger charge is -2.35. The van der Waals surface area contributed by atoms with Crippen molar-refractivity contribution in [3.8, 4) is 0 Å². The highest BCUT2D eigenvalue weighted by molar-refractivity contribution is 8.18. The Kier molecular flexibility index (Phi) is 1.40. The maximum atomic E-state index is 2.74. The number of thioether (sulfide) groups is 1. The summed E-state index contributed by atoms with van der Waals surface area (Å²) in [5, 5.41) is 0. The molecule has 0 aromatic carbocycles. The average molecular weight is 265 g/mol. The van der Waals surface area contributed by atoms with Crippen molar-refractivity contribution in [2.45, 2.75) is 41.4 Å². The van der Waals surface area contributed by atoms with Gasteiger partial charge in [-0.05, 0) is 37.0 Å². The van der Waals surface area contributed by atoms with Gasteiger partial charge in [0.2, 0.25) is 0 Å². The van der Waals surface area contributed by atoms with Gasteiger partial charge in [0.15, 0.2) is 4.08 Å². The van der Waals surface area contributed by atoms with Crippen LogP contribution in [0.15, 0.2) is 0 Å². The molecule has 0 N–H and O–H groups in total. The zero-order valence-electron chi connectivity index (χ0n) is 10.5. The first-order valence-electron chi connectivity index (χ1n) is 7.61. The van der Waals surface area contributed by atoms with Crippen molar-refractivity contribution in [3.05, 3.63) is 0 Å². The van der Waals surface area contributed by atoms with E-state index in [9.17, 15) is 0 Å². The molecule has 2 saturated heterocycles. The van der Waals surface area contributed by atoms with Gasteiger partial charge in [0.25, 0.3) is 0 Å². The van der Waals surface area contributed by atoms with Crippen LogP contribution in [0.2, 0.25) is 0 Å². The van der Waals surface area contributed by atoms with Gasteiger partial charge < -0.3 is 0 Å². The van der Waals surface area contributed by atoms with Gasteiger partial charge in [-0.2, -0.15) is 0 Å². The minimum absolute atomic E-state index is 0.811. The normalized spacial score (nSPS) is 77.1. The van der Waals surface area contributed by atoms with E-state index in [2.05, 4.69) is 18.7 Å². The topological polar surface area (TPSA) is 0 Å². The molecular formula is C15H21S2+. The molecule has 2 heterocycles. The van der Waals surface area contributed by atoms with E-state index < -0.39 is 0 Å². The molecule has 6 rings (SSSR count). The predicted molar refractivity (Wildman–Crippen MR) is 75.2 cm³/mol. The highest BCUT2D eigenvalue weighted by Crippen LogP contribution is 2.85. The lowest BCUT2D eigenvalue weighted by molar-refractivity contribution is 0.221. The molecule has 6 fully saturated rings. The van der Waals surface area contributed by atoms with Crippen LogP contribution in [-0.4, -0.2) is 20.3 Å². The summed E-state index contributed by atoms with van der Waals surface area (Å²) in [5.41, 5.74) is 0. The second-order valence-electron chi connectivity index (χ2n) is 7.77. The summed E-state index contributed by atoms with van der Waals surface area (Å²) in [5.74, 6) is 10.3. The molecule has 92 valence electrons. The highest BCUT2D eigenvalue weighted by atomic mass is 32.2. The maximum Gasteiger partial charge on any atom is 0.177 e. The second kappa shape index (κ2) is 2.49. The van der Waals surface area contributed by atoms with Crippen molar-refractivity contribution in [3.63, 3.8) is 0 Å². The molecule has 6 aliphatic rings. The van der Waals surface area contributed by atoms with Crippen molar-refractivity contribution in [2.75, 3.05) is 11.5 Å². The average Bonchev–Trinajstić information content (AvgIpc) is 2.96. The summed E-state index contributed by atoms with van der Waals surface area (Å²) >= 11 is 2.47. The van der Waals surface area contributed by atoms with Crippen molar-refractivity contribution in [2.24, 2.45) is 35.5 Å². The fourth-order valence-electron chi connectivity index (χ4n) is 7.77. The Hall–Kier alpha value is 0.700. The van der Waals surface area contributed by atoms with Crippen LogP contribution in [0.1, 0.15) is 32.6 Å². The highest BCUT2D eigenvalue weighted by Gasteiger charge is 2.89. The second-order valence-corrected chi connectivity index (χ2v) is 12.3. The zero-order chi connectivity index (χ0) is 11.0. The number of hydrogen-bond acceptors (Lipinski definition) is 1. The largest absolute Gasteiger partial charge is 0.177 e. The van der Waals surface area contributed by atoms with Gasteiger partial charge in [-0.15, -0.1) is 11.8 Å². The van der Waals surface area contributed by atoms with Crippen LogP contribution in [0.25, 0.3) is 0 Å². The molecule has 17 heavy (non-hydrogen) atoms. The van der Waals surface area contributed by atoms with Gasteiger partial charge in [0.05, 0.1) is 0 Å². The molecule has 2 aliphatic heterocycles. The van der Waals surface area contributed by atoms with Gasteiger partial charge in [-0.25, -0.2) is 0 Å². The first kappa shape index (κ1) is 9.58. The molecule has 9 atom stereocenters. The van der Waals surface area contributed by atoms with Gasteiger partial charge >= 0.3 is 0 Å². The predicted octanol–water partition coefficient (Wildman–Crippen LogP) is 3.13. The van der Waals surface area contributed by atoms with E-state index in [4.69, 9.17) is 0 Å². The van der Waals surface area contributed by atoms with Crippen LogP contribution in [0.3, 0.4) is 0 Å². The molecular weight excluding hydrogens is 244 g/mol. The fourth-order valence-corrected chi connectivity index (χ4v) is 15.2. The lowest BCUT2D eigenvalue weighted by atomic mass is 9.78. The van der Waals surface area contributed by atoms with E-state index in [0.717, 1.165) is 19.7 Å². The Morgan fingerprint density at radius 1 is 1.06 bits per heavy atom. The van der Waals surface area contributed by atoms with E-state index in [1.807, 2.05) is 0 Å². The van der Waals surface area contributed by atoms with Gasteiger partial charge in [0.1, 0.15) is 10.5 Å². The molecule has 0 radical (unpaired) electrons. The zero-order valence-corrected chi connectivity index (χ0v) is 12.2. The number of rotatable bonds is 0. The summed E-state index contributed by atoms with van der Waals surface area (Å²) in [6.07, 6.45) is 6.53. The van der Waals surface area contributed by atoms with E-state index in [-0.39, 0.29) is 0 Å². The van der Waals surface area contributed by atoms with Gasteiger partial charge in [0, 0.05) is 47.7 Å². The van der Waals surface area contributed by atoms with E-state index >= 15 is 0 Å². The summed E-state index contributed by atoms with van der Waals surface area (Å²) in [4.78, 5) is 0. The molecule has 2 bridgehead atoms. The van der Waals surface area contributed by atoms with Crippen LogP contribution in [0.4, 0.5) is 0 Å². The number of fused-ring (bicyclic) bond motifs is 2. The third kappa shape index (κ3) is 0.722. The maximum absolute atomic E-state index is 2.74. The summed E-state index contributed by atoms with van der Waals surface area (Å²) in [6, 6.07) is 0. The van der Waals surface area contributed by atoms with Crippen LogP contribution >= 0.6 is 11.8 Å². The molecule has 0 aromatic heterocycles. The van der Waals surface area contributed by atoms with Crippen molar-refractivity contribution in [1.82, 2.24) is 0 Å². The minimum Gasteiger partial charge on any atom is -0.102 e. The Labute approximate surface area is 111 Å².